The van der Waals surface area contributed by atoms with Gasteiger partial charge in [0.25, 0.3) is 0 Å². The zero-order valence-corrected chi connectivity index (χ0v) is 12.5. The lowest BCUT2D eigenvalue weighted by atomic mass is 10.1. The Morgan fingerprint density at radius 2 is 2.15 bits per heavy atom. The van der Waals surface area contributed by atoms with Crippen molar-refractivity contribution in [2.75, 3.05) is 13.2 Å². The highest BCUT2D eigenvalue weighted by atomic mass is 16.6. The molecule has 0 spiro atoms. The van der Waals surface area contributed by atoms with Crippen molar-refractivity contribution >= 4 is 5.69 Å². The average molecular weight is 280 g/mol. The number of nitro groups is 1. The van der Waals surface area contributed by atoms with Gasteiger partial charge in [-0.25, -0.2) is 0 Å². The highest BCUT2D eigenvalue weighted by Crippen LogP contribution is 2.28. The minimum atomic E-state index is -0.394. The van der Waals surface area contributed by atoms with Crippen LogP contribution in [0.5, 0.6) is 5.75 Å². The molecule has 0 saturated carbocycles. The van der Waals surface area contributed by atoms with E-state index in [1.165, 1.54) is 6.07 Å². The van der Waals surface area contributed by atoms with Crippen LogP contribution in [0.4, 0.5) is 5.69 Å². The summed E-state index contributed by atoms with van der Waals surface area (Å²) in [5, 5.41) is 14.2. The molecule has 0 bridgehead atoms. The first kappa shape index (κ1) is 16.4. The zero-order chi connectivity index (χ0) is 15.0. The molecule has 20 heavy (non-hydrogen) atoms. The standard InChI is InChI=1S/C15H24N2O3/c1-4-16-11-13-7-8-14(17(18)19)15(10-13)20-9-5-6-12(2)3/h7-8,10,12,16H,4-6,9,11H2,1-3H3. The summed E-state index contributed by atoms with van der Waals surface area (Å²) >= 11 is 0. The molecule has 1 rings (SSSR count). The van der Waals surface area contributed by atoms with E-state index in [0.29, 0.717) is 24.8 Å². The Balaban J connectivity index is 2.70. The van der Waals surface area contributed by atoms with Gasteiger partial charge in [0.05, 0.1) is 11.5 Å². The smallest absolute Gasteiger partial charge is 0.310 e. The number of hydrogen-bond donors (Lipinski definition) is 1. The van der Waals surface area contributed by atoms with Crippen molar-refractivity contribution in [1.82, 2.24) is 5.32 Å². The van der Waals surface area contributed by atoms with Gasteiger partial charge in [-0.05, 0) is 36.9 Å². The SMILES string of the molecule is CCNCc1ccc([N+](=O)[O-])c(OCCCC(C)C)c1. The molecule has 0 aliphatic heterocycles. The quantitative estimate of drug-likeness (QED) is 0.427. The molecule has 1 aromatic rings. The highest BCUT2D eigenvalue weighted by molar-refractivity contribution is 5.48. The van der Waals surface area contributed by atoms with Gasteiger partial charge in [-0.3, -0.25) is 10.1 Å². The first-order valence-electron chi connectivity index (χ1n) is 7.15. The van der Waals surface area contributed by atoms with E-state index in [2.05, 4.69) is 19.2 Å². The lowest BCUT2D eigenvalue weighted by molar-refractivity contribution is -0.385. The van der Waals surface area contributed by atoms with Gasteiger partial charge in [0.2, 0.25) is 0 Å². The Hall–Kier alpha value is -1.62. The first-order chi connectivity index (χ1) is 9.54. The van der Waals surface area contributed by atoms with Gasteiger partial charge < -0.3 is 10.1 Å². The van der Waals surface area contributed by atoms with Gasteiger partial charge in [0, 0.05) is 12.6 Å². The summed E-state index contributed by atoms with van der Waals surface area (Å²) in [5.41, 5.74) is 1.03. The maximum atomic E-state index is 11.0. The molecule has 112 valence electrons. The van der Waals surface area contributed by atoms with Gasteiger partial charge >= 0.3 is 5.69 Å². The highest BCUT2D eigenvalue weighted by Gasteiger charge is 2.15. The van der Waals surface area contributed by atoms with Crippen molar-refractivity contribution in [1.29, 1.82) is 0 Å². The van der Waals surface area contributed by atoms with Gasteiger partial charge in [-0.1, -0.05) is 26.8 Å². The number of nitrogens with one attached hydrogen (secondary N) is 1. The van der Waals surface area contributed by atoms with Gasteiger partial charge in [-0.15, -0.1) is 0 Å². The number of benzene rings is 1. The molecular formula is C15H24N2O3. The summed E-state index contributed by atoms with van der Waals surface area (Å²) in [6, 6.07) is 5.04. The van der Waals surface area contributed by atoms with Crippen LogP contribution in [0.3, 0.4) is 0 Å². The van der Waals surface area contributed by atoms with Crippen LogP contribution >= 0.6 is 0 Å². The lowest BCUT2D eigenvalue weighted by Crippen LogP contribution is -2.12. The average Bonchev–Trinajstić information content (AvgIpc) is 2.41. The topological polar surface area (TPSA) is 64.4 Å². The summed E-state index contributed by atoms with van der Waals surface area (Å²) in [4.78, 5) is 10.6. The molecule has 5 heteroatoms. The van der Waals surface area contributed by atoms with E-state index in [-0.39, 0.29) is 5.69 Å². The van der Waals surface area contributed by atoms with Crippen LogP contribution < -0.4 is 10.1 Å². The Kier molecular flexibility index (Phi) is 7.01. The van der Waals surface area contributed by atoms with Crippen molar-refractivity contribution < 1.29 is 9.66 Å². The number of hydrogen-bond acceptors (Lipinski definition) is 4. The predicted octanol–water partition coefficient (Wildman–Crippen LogP) is 3.52. The molecule has 0 fully saturated rings. The lowest BCUT2D eigenvalue weighted by Gasteiger charge is -2.10. The Morgan fingerprint density at radius 1 is 1.40 bits per heavy atom. The fourth-order valence-corrected chi connectivity index (χ4v) is 1.88. The Bertz CT molecular complexity index is 433. The number of ether oxygens (including phenoxy) is 1. The second kappa shape index (κ2) is 8.53. The van der Waals surface area contributed by atoms with E-state index in [0.717, 1.165) is 24.9 Å². The minimum absolute atomic E-state index is 0.0368. The van der Waals surface area contributed by atoms with Gasteiger partial charge in [0.1, 0.15) is 0 Å². The van der Waals surface area contributed by atoms with E-state index in [1.807, 2.05) is 6.92 Å². The molecule has 0 amide bonds. The van der Waals surface area contributed by atoms with E-state index < -0.39 is 4.92 Å². The van der Waals surface area contributed by atoms with Crippen molar-refractivity contribution in [2.24, 2.45) is 5.92 Å². The fourth-order valence-electron chi connectivity index (χ4n) is 1.88. The van der Waals surface area contributed by atoms with Crippen LogP contribution in [0.2, 0.25) is 0 Å². The number of nitro benzene ring substituents is 1. The Morgan fingerprint density at radius 3 is 2.75 bits per heavy atom. The molecule has 5 nitrogen and oxygen atoms in total. The molecule has 0 unspecified atom stereocenters. The van der Waals surface area contributed by atoms with Crippen LogP contribution in [0.15, 0.2) is 18.2 Å². The summed E-state index contributed by atoms with van der Waals surface area (Å²) < 4.78 is 5.60. The molecule has 0 radical (unpaired) electrons. The molecule has 0 heterocycles. The van der Waals surface area contributed by atoms with Crippen molar-refractivity contribution in [3.63, 3.8) is 0 Å². The van der Waals surface area contributed by atoms with E-state index in [4.69, 9.17) is 4.74 Å². The van der Waals surface area contributed by atoms with Crippen LogP contribution in [0, 0.1) is 16.0 Å². The number of nitrogens with zero attached hydrogens (tertiary/aromatic N) is 1. The second-order valence-corrected chi connectivity index (χ2v) is 5.22. The molecule has 0 saturated heterocycles. The minimum Gasteiger partial charge on any atom is -0.487 e. The summed E-state index contributed by atoms with van der Waals surface area (Å²) in [6.07, 6.45) is 1.97. The van der Waals surface area contributed by atoms with Crippen LogP contribution in [-0.4, -0.2) is 18.1 Å². The maximum absolute atomic E-state index is 11.0. The van der Waals surface area contributed by atoms with Crippen LogP contribution in [0.25, 0.3) is 0 Å². The van der Waals surface area contributed by atoms with E-state index >= 15 is 0 Å². The Labute approximate surface area is 120 Å². The van der Waals surface area contributed by atoms with Crippen molar-refractivity contribution in [3.05, 3.63) is 33.9 Å². The first-order valence-corrected chi connectivity index (χ1v) is 7.15. The molecule has 1 aromatic carbocycles. The van der Waals surface area contributed by atoms with Gasteiger partial charge in [0.15, 0.2) is 5.75 Å². The largest absolute Gasteiger partial charge is 0.487 e. The molecule has 0 aliphatic rings. The predicted molar refractivity (Wildman–Crippen MR) is 80.0 cm³/mol. The molecule has 0 aliphatic carbocycles. The van der Waals surface area contributed by atoms with Gasteiger partial charge in [-0.2, -0.15) is 0 Å². The van der Waals surface area contributed by atoms with E-state index in [1.54, 1.807) is 12.1 Å². The monoisotopic (exact) mass is 280 g/mol. The van der Waals surface area contributed by atoms with Crippen molar-refractivity contribution in [2.45, 2.75) is 40.2 Å². The third-order valence-electron chi connectivity index (χ3n) is 2.98. The zero-order valence-electron chi connectivity index (χ0n) is 12.5. The summed E-state index contributed by atoms with van der Waals surface area (Å²) in [6.45, 7) is 8.40. The third kappa shape index (κ3) is 5.57. The molecular weight excluding hydrogens is 256 g/mol. The third-order valence-corrected chi connectivity index (χ3v) is 2.98. The normalized spacial score (nSPS) is 10.8. The molecule has 0 aromatic heterocycles. The summed E-state index contributed by atoms with van der Waals surface area (Å²) in [7, 11) is 0. The van der Waals surface area contributed by atoms with E-state index in [9.17, 15) is 10.1 Å². The number of rotatable bonds is 9. The van der Waals surface area contributed by atoms with Crippen LogP contribution in [-0.2, 0) is 6.54 Å². The van der Waals surface area contributed by atoms with Crippen molar-refractivity contribution in [3.8, 4) is 5.75 Å². The van der Waals surface area contributed by atoms with Crippen LogP contribution in [0.1, 0.15) is 39.2 Å². The molecule has 0 atom stereocenters. The second-order valence-electron chi connectivity index (χ2n) is 5.22. The fraction of sp³-hybridized carbons (Fsp3) is 0.600. The maximum Gasteiger partial charge on any atom is 0.310 e. The summed E-state index contributed by atoms with van der Waals surface area (Å²) in [5.74, 6) is 0.989. The molecule has 1 N–H and O–H groups in total.